The highest BCUT2D eigenvalue weighted by Gasteiger charge is 2.29. The lowest BCUT2D eigenvalue weighted by Gasteiger charge is -2.25. The van der Waals surface area contributed by atoms with E-state index >= 15 is 0 Å². The molecule has 0 aliphatic heterocycles. The van der Waals surface area contributed by atoms with Gasteiger partial charge in [-0.25, -0.2) is 0 Å². The Morgan fingerprint density at radius 2 is 1.92 bits per heavy atom. The maximum atomic E-state index is 8.91. The molecule has 78 valence electrons. The Labute approximate surface area is 81.7 Å². The van der Waals surface area contributed by atoms with Crippen LogP contribution in [-0.4, -0.2) is 23.8 Å². The van der Waals surface area contributed by atoms with Gasteiger partial charge in [0.15, 0.2) is 0 Å². The second-order valence-corrected chi connectivity index (χ2v) is 4.66. The van der Waals surface area contributed by atoms with Gasteiger partial charge in [-0.05, 0) is 38.0 Å². The fourth-order valence-electron chi connectivity index (χ4n) is 1.82. The molecule has 1 fully saturated rings. The lowest BCUT2D eigenvalue weighted by atomic mass is 9.99. The van der Waals surface area contributed by atoms with E-state index in [1.807, 2.05) is 0 Å². The summed E-state index contributed by atoms with van der Waals surface area (Å²) in [5, 5.41) is 12.5. The van der Waals surface area contributed by atoms with E-state index in [1.54, 1.807) is 0 Å². The Kier molecular flexibility index (Phi) is 4.20. The number of hydrogen-bond donors (Lipinski definition) is 2. The SMILES string of the molecule is CC(C)C(CCO)NC(C)C1CC1. The van der Waals surface area contributed by atoms with Gasteiger partial charge in [-0.1, -0.05) is 13.8 Å². The normalized spacial score (nSPS) is 21.9. The molecule has 2 heteroatoms. The zero-order valence-corrected chi connectivity index (χ0v) is 9.09. The average Bonchev–Trinajstić information content (AvgIpc) is 2.85. The molecule has 1 saturated carbocycles. The highest BCUT2D eigenvalue weighted by Crippen LogP contribution is 2.32. The minimum absolute atomic E-state index is 0.299. The van der Waals surface area contributed by atoms with Crippen LogP contribution in [0.25, 0.3) is 0 Å². The van der Waals surface area contributed by atoms with Crippen molar-refractivity contribution in [3.8, 4) is 0 Å². The molecule has 0 aromatic heterocycles. The van der Waals surface area contributed by atoms with Gasteiger partial charge in [0.1, 0.15) is 0 Å². The van der Waals surface area contributed by atoms with E-state index in [1.165, 1.54) is 12.8 Å². The highest BCUT2D eigenvalue weighted by molar-refractivity contribution is 4.86. The van der Waals surface area contributed by atoms with Crippen molar-refractivity contribution in [1.82, 2.24) is 5.32 Å². The van der Waals surface area contributed by atoms with Crippen LogP contribution in [0.4, 0.5) is 0 Å². The van der Waals surface area contributed by atoms with Crippen LogP contribution in [0.3, 0.4) is 0 Å². The van der Waals surface area contributed by atoms with Gasteiger partial charge in [0.25, 0.3) is 0 Å². The van der Waals surface area contributed by atoms with Crippen LogP contribution in [0.15, 0.2) is 0 Å². The third-order valence-electron chi connectivity index (χ3n) is 3.05. The first kappa shape index (κ1) is 11.0. The van der Waals surface area contributed by atoms with E-state index in [-0.39, 0.29) is 0 Å². The monoisotopic (exact) mass is 185 g/mol. The summed E-state index contributed by atoms with van der Waals surface area (Å²) in [5.74, 6) is 1.52. The molecule has 0 amide bonds. The summed E-state index contributed by atoms with van der Waals surface area (Å²) in [6, 6.07) is 1.12. The van der Waals surface area contributed by atoms with Gasteiger partial charge < -0.3 is 10.4 Å². The molecule has 1 rings (SSSR count). The first-order valence-electron chi connectivity index (χ1n) is 5.52. The number of aliphatic hydroxyl groups is 1. The first-order valence-corrected chi connectivity index (χ1v) is 5.52. The summed E-state index contributed by atoms with van der Waals surface area (Å²) < 4.78 is 0. The predicted molar refractivity (Wildman–Crippen MR) is 55.7 cm³/mol. The molecular weight excluding hydrogens is 162 g/mol. The summed E-state index contributed by atoms with van der Waals surface area (Å²) in [4.78, 5) is 0. The summed E-state index contributed by atoms with van der Waals surface area (Å²) in [5.41, 5.74) is 0. The quantitative estimate of drug-likeness (QED) is 0.661. The molecular formula is C11H23NO. The van der Waals surface area contributed by atoms with E-state index < -0.39 is 0 Å². The Balaban J connectivity index is 2.27. The second kappa shape index (κ2) is 4.97. The molecule has 1 aliphatic carbocycles. The van der Waals surface area contributed by atoms with E-state index in [2.05, 4.69) is 26.1 Å². The van der Waals surface area contributed by atoms with Gasteiger partial charge in [-0.2, -0.15) is 0 Å². The standard InChI is InChI=1S/C11H23NO/c1-8(2)11(6-7-13)12-9(3)10-4-5-10/h8-13H,4-7H2,1-3H3. The van der Waals surface area contributed by atoms with Gasteiger partial charge in [0, 0.05) is 18.7 Å². The maximum Gasteiger partial charge on any atom is 0.0445 e. The van der Waals surface area contributed by atoms with Crippen molar-refractivity contribution in [2.75, 3.05) is 6.61 Å². The molecule has 0 spiro atoms. The third kappa shape index (κ3) is 3.65. The van der Waals surface area contributed by atoms with E-state index in [0.717, 1.165) is 12.3 Å². The molecule has 2 N–H and O–H groups in total. The van der Waals surface area contributed by atoms with Crippen molar-refractivity contribution in [3.05, 3.63) is 0 Å². The Bertz CT molecular complexity index is 143. The molecule has 2 nitrogen and oxygen atoms in total. The highest BCUT2D eigenvalue weighted by atomic mass is 16.3. The zero-order valence-electron chi connectivity index (χ0n) is 9.09. The van der Waals surface area contributed by atoms with Crippen LogP contribution < -0.4 is 5.32 Å². The number of rotatable bonds is 6. The number of nitrogens with one attached hydrogen (secondary N) is 1. The van der Waals surface area contributed by atoms with Crippen molar-refractivity contribution in [2.45, 2.75) is 52.1 Å². The van der Waals surface area contributed by atoms with Crippen molar-refractivity contribution in [1.29, 1.82) is 0 Å². The number of aliphatic hydroxyl groups excluding tert-OH is 1. The maximum absolute atomic E-state index is 8.91. The van der Waals surface area contributed by atoms with E-state index in [0.29, 0.717) is 24.6 Å². The Morgan fingerprint density at radius 3 is 2.31 bits per heavy atom. The summed E-state index contributed by atoms with van der Waals surface area (Å²) in [7, 11) is 0. The minimum Gasteiger partial charge on any atom is -0.396 e. The topological polar surface area (TPSA) is 32.3 Å². The van der Waals surface area contributed by atoms with Crippen molar-refractivity contribution < 1.29 is 5.11 Å². The van der Waals surface area contributed by atoms with Gasteiger partial charge in [-0.3, -0.25) is 0 Å². The van der Waals surface area contributed by atoms with Crippen molar-refractivity contribution in [2.24, 2.45) is 11.8 Å². The molecule has 2 atom stereocenters. The van der Waals surface area contributed by atoms with Gasteiger partial charge in [0.05, 0.1) is 0 Å². The van der Waals surface area contributed by atoms with Gasteiger partial charge >= 0.3 is 0 Å². The number of hydrogen-bond acceptors (Lipinski definition) is 2. The summed E-state index contributed by atoms with van der Waals surface area (Å²) >= 11 is 0. The molecule has 13 heavy (non-hydrogen) atoms. The molecule has 0 heterocycles. The van der Waals surface area contributed by atoms with Crippen LogP contribution in [0.2, 0.25) is 0 Å². The summed E-state index contributed by atoms with van der Waals surface area (Å²) in [6.45, 7) is 7.00. The zero-order chi connectivity index (χ0) is 9.84. The molecule has 0 saturated heterocycles. The van der Waals surface area contributed by atoms with E-state index in [4.69, 9.17) is 5.11 Å². The van der Waals surface area contributed by atoms with Gasteiger partial charge in [0.2, 0.25) is 0 Å². The smallest absolute Gasteiger partial charge is 0.0445 e. The average molecular weight is 185 g/mol. The lowest BCUT2D eigenvalue weighted by molar-refractivity contribution is 0.233. The minimum atomic E-state index is 0.299. The van der Waals surface area contributed by atoms with Crippen LogP contribution in [0.1, 0.15) is 40.0 Å². The van der Waals surface area contributed by atoms with E-state index in [9.17, 15) is 0 Å². The van der Waals surface area contributed by atoms with Gasteiger partial charge in [-0.15, -0.1) is 0 Å². The van der Waals surface area contributed by atoms with Crippen LogP contribution in [-0.2, 0) is 0 Å². The molecule has 0 aromatic rings. The van der Waals surface area contributed by atoms with Crippen molar-refractivity contribution in [3.63, 3.8) is 0 Å². The largest absolute Gasteiger partial charge is 0.396 e. The first-order chi connectivity index (χ1) is 6.15. The predicted octanol–water partition coefficient (Wildman–Crippen LogP) is 1.78. The summed E-state index contributed by atoms with van der Waals surface area (Å²) in [6.07, 6.45) is 3.66. The third-order valence-corrected chi connectivity index (χ3v) is 3.05. The molecule has 2 unspecified atom stereocenters. The fraction of sp³-hybridized carbons (Fsp3) is 1.00. The Morgan fingerprint density at radius 1 is 1.31 bits per heavy atom. The molecule has 0 radical (unpaired) electrons. The van der Waals surface area contributed by atoms with Crippen LogP contribution in [0, 0.1) is 11.8 Å². The van der Waals surface area contributed by atoms with Crippen LogP contribution in [0.5, 0.6) is 0 Å². The Hall–Kier alpha value is -0.0800. The second-order valence-electron chi connectivity index (χ2n) is 4.66. The molecule has 0 aromatic carbocycles. The van der Waals surface area contributed by atoms with Crippen LogP contribution >= 0.6 is 0 Å². The molecule has 0 bridgehead atoms. The lowest BCUT2D eigenvalue weighted by Crippen LogP contribution is -2.41. The molecule has 1 aliphatic rings. The fourth-order valence-corrected chi connectivity index (χ4v) is 1.82. The van der Waals surface area contributed by atoms with Crippen molar-refractivity contribution >= 4 is 0 Å².